The molecule has 1 atom stereocenters. The quantitative estimate of drug-likeness (QED) is 0.850. The van der Waals surface area contributed by atoms with Crippen LogP contribution in [0.1, 0.15) is 46.3 Å². The summed E-state index contributed by atoms with van der Waals surface area (Å²) in [7, 11) is 1.44. The zero-order valence-corrected chi connectivity index (χ0v) is 12.1. The standard InChI is InChI=1S/C16H23NO2/c1-11-8-13(9-14-6-4-5-7-17-14)10-15(12(11)2)16(18)19-3/h8,10,14,17H,4-7,9H2,1-3H3. The molecule has 0 radical (unpaired) electrons. The Morgan fingerprint density at radius 1 is 1.37 bits per heavy atom. The number of methoxy groups -OCH3 is 1. The van der Waals surface area contributed by atoms with Gasteiger partial charge < -0.3 is 10.1 Å². The second-order valence-electron chi connectivity index (χ2n) is 5.43. The largest absolute Gasteiger partial charge is 0.465 e. The van der Waals surface area contributed by atoms with E-state index in [2.05, 4.69) is 18.3 Å². The molecule has 1 aromatic carbocycles. The van der Waals surface area contributed by atoms with Gasteiger partial charge >= 0.3 is 5.97 Å². The molecule has 1 aliphatic rings. The number of carbonyl (C=O) groups excluding carboxylic acids is 1. The fourth-order valence-electron chi connectivity index (χ4n) is 2.76. The average molecular weight is 261 g/mol. The van der Waals surface area contributed by atoms with Gasteiger partial charge in [-0.3, -0.25) is 0 Å². The summed E-state index contributed by atoms with van der Waals surface area (Å²) in [4.78, 5) is 11.8. The third kappa shape index (κ3) is 3.35. The minimum absolute atomic E-state index is 0.237. The van der Waals surface area contributed by atoms with Crippen molar-refractivity contribution in [2.45, 2.75) is 45.6 Å². The summed E-state index contributed by atoms with van der Waals surface area (Å²) in [5, 5.41) is 3.55. The molecule has 2 rings (SSSR count). The minimum Gasteiger partial charge on any atom is -0.465 e. The fraction of sp³-hybridized carbons (Fsp3) is 0.562. The van der Waals surface area contributed by atoms with Gasteiger partial charge in [0.2, 0.25) is 0 Å². The molecule has 1 aromatic rings. The van der Waals surface area contributed by atoms with Gasteiger partial charge in [0.1, 0.15) is 0 Å². The monoisotopic (exact) mass is 261 g/mol. The van der Waals surface area contributed by atoms with Crippen LogP contribution in [0.5, 0.6) is 0 Å². The third-order valence-corrected chi connectivity index (χ3v) is 4.03. The number of esters is 1. The lowest BCUT2D eigenvalue weighted by Crippen LogP contribution is -2.35. The number of rotatable bonds is 3. The maximum atomic E-state index is 11.8. The van der Waals surface area contributed by atoms with E-state index in [0.717, 1.165) is 24.1 Å². The van der Waals surface area contributed by atoms with Crippen molar-refractivity contribution in [2.75, 3.05) is 13.7 Å². The second-order valence-corrected chi connectivity index (χ2v) is 5.43. The lowest BCUT2D eigenvalue weighted by Gasteiger charge is -2.24. The summed E-state index contributed by atoms with van der Waals surface area (Å²) in [6, 6.07) is 4.73. The number of hydrogen-bond donors (Lipinski definition) is 1. The lowest BCUT2D eigenvalue weighted by molar-refractivity contribution is 0.0599. The first-order valence-electron chi connectivity index (χ1n) is 7.03. The van der Waals surface area contributed by atoms with Gasteiger partial charge in [0.15, 0.2) is 0 Å². The first kappa shape index (κ1) is 14.1. The highest BCUT2D eigenvalue weighted by Crippen LogP contribution is 2.20. The van der Waals surface area contributed by atoms with Crippen molar-refractivity contribution in [3.05, 3.63) is 34.4 Å². The maximum Gasteiger partial charge on any atom is 0.338 e. The molecule has 0 amide bonds. The van der Waals surface area contributed by atoms with Crippen LogP contribution in [0.25, 0.3) is 0 Å². The number of hydrogen-bond acceptors (Lipinski definition) is 3. The molecule has 19 heavy (non-hydrogen) atoms. The molecule has 1 saturated heterocycles. The van der Waals surface area contributed by atoms with E-state index in [1.54, 1.807) is 0 Å². The van der Waals surface area contributed by atoms with Crippen molar-refractivity contribution in [3.8, 4) is 0 Å². The Balaban J connectivity index is 2.20. The summed E-state index contributed by atoms with van der Waals surface area (Å²) < 4.78 is 4.86. The van der Waals surface area contributed by atoms with Crippen LogP contribution in [0.15, 0.2) is 12.1 Å². The molecule has 1 unspecified atom stereocenters. The molecule has 104 valence electrons. The van der Waals surface area contributed by atoms with E-state index in [1.165, 1.54) is 31.9 Å². The Labute approximate surface area is 115 Å². The van der Waals surface area contributed by atoms with Gasteiger partial charge in [-0.2, -0.15) is 0 Å². The van der Waals surface area contributed by atoms with Gasteiger partial charge in [0.05, 0.1) is 12.7 Å². The normalized spacial score (nSPS) is 19.2. The molecule has 0 spiro atoms. The van der Waals surface area contributed by atoms with Crippen LogP contribution in [0.2, 0.25) is 0 Å². The number of aryl methyl sites for hydroxylation is 1. The second kappa shape index (κ2) is 6.20. The van der Waals surface area contributed by atoms with Crippen molar-refractivity contribution < 1.29 is 9.53 Å². The molecule has 0 bridgehead atoms. The number of ether oxygens (including phenoxy) is 1. The molecule has 0 saturated carbocycles. The first-order chi connectivity index (χ1) is 9.11. The highest BCUT2D eigenvalue weighted by molar-refractivity contribution is 5.91. The fourth-order valence-corrected chi connectivity index (χ4v) is 2.76. The van der Waals surface area contributed by atoms with Gasteiger partial charge in [-0.05, 0) is 62.4 Å². The molecule has 3 heteroatoms. The average Bonchev–Trinajstić information content (AvgIpc) is 2.43. The number of benzene rings is 1. The van der Waals surface area contributed by atoms with E-state index in [1.807, 2.05) is 13.0 Å². The van der Waals surface area contributed by atoms with Gasteiger partial charge in [-0.1, -0.05) is 12.5 Å². The summed E-state index contributed by atoms with van der Waals surface area (Å²) in [6.45, 7) is 5.14. The SMILES string of the molecule is COC(=O)c1cc(CC2CCCCN2)cc(C)c1C. The van der Waals surface area contributed by atoms with Crippen LogP contribution in [0, 0.1) is 13.8 Å². The van der Waals surface area contributed by atoms with E-state index in [-0.39, 0.29) is 5.97 Å². The summed E-state index contributed by atoms with van der Waals surface area (Å²) in [5.74, 6) is -0.237. The van der Waals surface area contributed by atoms with E-state index >= 15 is 0 Å². The maximum absolute atomic E-state index is 11.8. The number of nitrogens with one attached hydrogen (secondary N) is 1. The van der Waals surface area contributed by atoms with Crippen molar-refractivity contribution in [3.63, 3.8) is 0 Å². The lowest BCUT2D eigenvalue weighted by atomic mass is 9.93. The Bertz CT molecular complexity index is 462. The molecule has 0 aliphatic carbocycles. The Morgan fingerprint density at radius 3 is 2.79 bits per heavy atom. The molecule has 1 N–H and O–H groups in total. The summed E-state index contributed by atoms with van der Waals surface area (Å²) in [5.41, 5.74) is 4.11. The van der Waals surface area contributed by atoms with Crippen molar-refractivity contribution >= 4 is 5.97 Å². The van der Waals surface area contributed by atoms with Gasteiger partial charge in [0.25, 0.3) is 0 Å². The highest BCUT2D eigenvalue weighted by Gasteiger charge is 2.16. The molecule has 1 fully saturated rings. The summed E-state index contributed by atoms with van der Waals surface area (Å²) >= 11 is 0. The van der Waals surface area contributed by atoms with Crippen LogP contribution in [-0.4, -0.2) is 25.7 Å². The summed E-state index contributed by atoms with van der Waals surface area (Å²) in [6.07, 6.45) is 4.79. The first-order valence-corrected chi connectivity index (χ1v) is 7.03. The van der Waals surface area contributed by atoms with Crippen LogP contribution < -0.4 is 5.32 Å². The predicted molar refractivity (Wildman–Crippen MR) is 76.6 cm³/mol. The van der Waals surface area contributed by atoms with Crippen LogP contribution >= 0.6 is 0 Å². The van der Waals surface area contributed by atoms with E-state index in [9.17, 15) is 4.79 Å². The van der Waals surface area contributed by atoms with Crippen molar-refractivity contribution in [1.29, 1.82) is 0 Å². The molecular formula is C16H23NO2. The van der Waals surface area contributed by atoms with Crippen LogP contribution in [-0.2, 0) is 11.2 Å². The molecule has 0 aromatic heterocycles. The number of piperidine rings is 1. The molecule has 1 aliphatic heterocycles. The molecule has 1 heterocycles. The molecule has 3 nitrogen and oxygen atoms in total. The zero-order chi connectivity index (χ0) is 13.8. The van der Waals surface area contributed by atoms with Crippen molar-refractivity contribution in [2.24, 2.45) is 0 Å². The predicted octanol–water partition coefficient (Wildman–Crippen LogP) is 2.77. The van der Waals surface area contributed by atoms with Crippen LogP contribution in [0.3, 0.4) is 0 Å². The minimum atomic E-state index is -0.237. The Kier molecular flexibility index (Phi) is 4.59. The van der Waals surface area contributed by atoms with E-state index < -0.39 is 0 Å². The molecular weight excluding hydrogens is 238 g/mol. The highest BCUT2D eigenvalue weighted by atomic mass is 16.5. The smallest absolute Gasteiger partial charge is 0.338 e. The zero-order valence-electron chi connectivity index (χ0n) is 12.1. The Hall–Kier alpha value is -1.35. The van der Waals surface area contributed by atoms with E-state index in [4.69, 9.17) is 4.74 Å². The van der Waals surface area contributed by atoms with E-state index in [0.29, 0.717) is 11.6 Å². The number of carbonyl (C=O) groups is 1. The van der Waals surface area contributed by atoms with Crippen LogP contribution in [0.4, 0.5) is 0 Å². The topological polar surface area (TPSA) is 38.3 Å². The van der Waals surface area contributed by atoms with Gasteiger partial charge in [-0.25, -0.2) is 4.79 Å². The van der Waals surface area contributed by atoms with Gasteiger partial charge in [0, 0.05) is 6.04 Å². The Morgan fingerprint density at radius 2 is 2.16 bits per heavy atom. The van der Waals surface area contributed by atoms with Gasteiger partial charge in [-0.15, -0.1) is 0 Å². The van der Waals surface area contributed by atoms with Crippen molar-refractivity contribution in [1.82, 2.24) is 5.32 Å². The third-order valence-electron chi connectivity index (χ3n) is 4.03.